The lowest BCUT2D eigenvalue weighted by molar-refractivity contribution is 0.103. The van der Waals surface area contributed by atoms with Crippen molar-refractivity contribution in [1.82, 2.24) is 0 Å². The van der Waals surface area contributed by atoms with E-state index in [1.54, 1.807) is 6.07 Å². The standard InChI is InChI=1S/C15H13Cl2NOS/c1-14(9-15(14,16)17)10-4-6-11(7-5-10)18-13(19)12-3-2-8-20-12/h2-8H,9H2,1H3,(H,18,19)/t14-/m0/s1. The minimum Gasteiger partial charge on any atom is -0.321 e. The largest absolute Gasteiger partial charge is 0.321 e. The summed E-state index contributed by atoms with van der Waals surface area (Å²) in [5.41, 5.74) is 1.68. The van der Waals surface area contributed by atoms with Crippen LogP contribution in [0.2, 0.25) is 0 Å². The predicted molar refractivity (Wildman–Crippen MR) is 85.1 cm³/mol. The summed E-state index contributed by atoms with van der Waals surface area (Å²) in [6, 6.07) is 11.4. The molecule has 0 spiro atoms. The molecule has 1 amide bonds. The monoisotopic (exact) mass is 325 g/mol. The molecule has 0 saturated heterocycles. The zero-order valence-electron chi connectivity index (χ0n) is 10.8. The Hall–Kier alpha value is -1.03. The normalized spacial score (nSPS) is 23.4. The first-order chi connectivity index (χ1) is 9.42. The van der Waals surface area contributed by atoms with E-state index < -0.39 is 4.33 Å². The van der Waals surface area contributed by atoms with Crippen molar-refractivity contribution in [3.8, 4) is 0 Å². The molecule has 20 heavy (non-hydrogen) atoms. The highest BCUT2D eigenvalue weighted by Gasteiger charge is 2.63. The van der Waals surface area contributed by atoms with E-state index in [1.165, 1.54) is 11.3 Å². The molecule has 3 rings (SSSR count). The second-order valence-corrected chi connectivity index (χ2v) is 7.65. The van der Waals surface area contributed by atoms with Crippen LogP contribution in [0.5, 0.6) is 0 Å². The van der Waals surface area contributed by atoms with Crippen LogP contribution >= 0.6 is 34.5 Å². The van der Waals surface area contributed by atoms with Gasteiger partial charge in [0.05, 0.1) is 4.88 Å². The molecule has 104 valence electrons. The number of hydrogen-bond acceptors (Lipinski definition) is 2. The lowest BCUT2D eigenvalue weighted by Gasteiger charge is -2.13. The number of rotatable bonds is 3. The molecule has 0 unspecified atom stereocenters. The van der Waals surface area contributed by atoms with Crippen molar-refractivity contribution in [2.75, 3.05) is 5.32 Å². The molecular formula is C15H13Cl2NOS. The second-order valence-electron chi connectivity index (χ2n) is 5.22. The van der Waals surface area contributed by atoms with E-state index >= 15 is 0 Å². The van der Waals surface area contributed by atoms with E-state index in [1.807, 2.05) is 42.6 Å². The highest BCUT2D eigenvalue weighted by Crippen LogP contribution is 2.64. The molecule has 0 bridgehead atoms. The Kier molecular flexibility index (Phi) is 3.32. The summed E-state index contributed by atoms with van der Waals surface area (Å²) in [7, 11) is 0. The van der Waals surface area contributed by atoms with E-state index in [9.17, 15) is 4.79 Å². The molecule has 2 aromatic rings. The average Bonchev–Trinajstić information content (AvgIpc) is 2.83. The first-order valence-corrected chi connectivity index (χ1v) is 7.89. The third-order valence-electron chi connectivity index (χ3n) is 3.78. The van der Waals surface area contributed by atoms with Crippen LogP contribution in [0.4, 0.5) is 5.69 Å². The maximum Gasteiger partial charge on any atom is 0.265 e. The van der Waals surface area contributed by atoms with Crippen LogP contribution in [0.1, 0.15) is 28.6 Å². The number of benzene rings is 1. The molecule has 1 aromatic carbocycles. The molecule has 1 aliphatic rings. The predicted octanol–water partition coefficient (Wildman–Crippen LogP) is 4.84. The number of halogens is 2. The molecule has 5 heteroatoms. The topological polar surface area (TPSA) is 29.1 Å². The molecular weight excluding hydrogens is 313 g/mol. The second kappa shape index (κ2) is 4.76. The summed E-state index contributed by atoms with van der Waals surface area (Å²) in [6.45, 7) is 2.05. The Morgan fingerprint density at radius 3 is 2.40 bits per heavy atom. The van der Waals surface area contributed by atoms with Gasteiger partial charge in [-0.3, -0.25) is 4.79 Å². The Labute approximate surface area is 131 Å². The van der Waals surface area contributed by atoms with E-state index in [2.05, 4.69) is 5.32 Å². The third kappa shape index (κ3) is 2.34. The summed E-state index contributed by atoms with van der Waals surface area (Å²) in [6.07, 6.45) is 0.754. The smallest absolute Gasteiger partial charge is 0.265 e. The molecule has 1 N–H and O–H groups in total. The number of anilines is 1. The van der Waals surface area contributed by atoms with Crippen molar-refractivity contribution in [3.05, 3.63) is 52.2 Å². The van der Waals surface area contributed by atoms with Gasteiger partial charge in [-0.2, -0.15) is 0 Å². The van der Waals surface area contributed by atoms with Crippen LogP contribution in [0.15, 0.2) is 41.8 Å². The lowest BCUT2D eigenvalue weighted by atomic mass is 9.98. The van der Waals surface area contributed by atoms with Gasteiger partial charge in [0.2, 0.25) is 0 Å². The highest BCUT2D eigenvalue weighted by atomic mass is 35.5. The SMILES string of the molecule is C[C@@]1(c2ccc(NC(=O)c3cccs3)cc2)CC1(Cl)Cl. The number of alkyl halides is 2. The number of nitrogens with one attached hydrogen (secondary N) is 1. The van der Waals surface area contributed by atoms with Crippen molar-refractivity contribution in [2.45, 2.75) is 23.1 Å². The summed E-state index contributed by atoms with van der Waals surface area (Å²) in [4.78, 5) is 12.6. The number of amides is 1. The van der Waals surface area contributed by atoms with E-state index in [0.29, 0.717) is 4.88 Å². The summed E-state index contributed by atoms with van der Waals surface area (Å²) in [5.74, 6) is -0.0885. The van der Waals surface area contributed by atoms with Crippen molar-refractivity contribution in [3.63, 3.8) is 0 Å². The van der Waals surface area contributed by atoms with Gasteiger partial charge in [-0.1, -0.05) is 25.1 Å². The minimum absolute atomic E-state index is 0.0885. The van der Waals surface area contributed by atoms with Gasteiger partial charge in [0.25, 0.3) is 5.91 Å². The van der Waals surface area contributed by atoms with Gasteiger partial charge >= 0.3 is 0 Å². The van der Waals surface area contributed by atoms with Gasteiger partial charge in [0.15, 0.2) is 0 Å². The Bertz CT molecular complexity index is 636. The van der Waals surface area contributed by atoms with Gasteiger partial charge < -0.3 is 5.32 Å². The van der Waals surface area contributed by atoms with Gasteiger partial charge in [0, 0.05) is 11.1 Å². The van der Waals surface area contributed by atoms with Gasteiger partial charge in [0.1, 0.15) is 4.33 Å². The van der Waals surface area contributed by atoms with E-state index in [4.69, 9.17) is 23.2 Å². The van der Waals surface area contributed by atoms with Crippen molar-refractivity contribution in [2.24, 2.45) is 0 Å². The fraction of sp³-hybridized carbons (Fsp3) is 0.267. The van der Waals surface area contributed by atoms with Gasteiger partial charge in [-0.15, -0.1) is 34.5 Å². The highest BCUT2D eigenvalue weighted by molar-refractivity contribution is 7.12. The molecule has 0 aliphatic heterocycles. The summed E-state index contributed by atoms with van der Waals surface area (Å²) < 4.78 is -0.672. The first kappa shape index (κ1) is 13.9. The number of carbonyl (C=O) groups is 1. The van der Waals surface area contributed by atoms with Crippen molar-refractivity contribution in [1.29, 1.82) is 0 Å². The fourth-order valence-electron chi connectivity index (χ4n) is 2.23. The zero-order chi connectivity index (χ0) is 14.4. The minimum atomic E-state index is -0.672. The van der Waals surface area contributed by atoms with Crippen molar-refractivity contribution < 1.29 is 4.79 Å². The molecule has 1 aromatic heterocycles. The van der Waals surface area contributed by atoms with Crippen LogP contribution in [0, 0.1) is 0 Å². The molecule has 1 aliphatic carbocycles. The maximum atomic E-state index is 11.9. The number of thiophene rings is 1. The van der Waals surface area contributed by atoms with Gasteiger partial charge in [-0.25, -0.2) is 0 Å². The lowest BCUT2D eigenvalue weighted by Crippen LogP contribution is -2.12. The average molecular weight is 326 g/mol. The molecule has 1 saturated carbocycles. The van der Waals surface area contributed by atoms with Crippen LogP contribution in [0.25, 0.3) is 0 Å². The Morgan fingerprint density at radius 2 is 1.90 bits per heavy atom. The molecule has 1 fully saturated rings. The van der Waals surface area contributed by atoms with E-state index in [-0.39, 0.29) is 11.3 Å². The maximum absolute atomic E-state index is 11.9. The third-order valence-corrected chi connectivity index (χ3v) is 5.75. The molecule has 1 atom stereocenters. The van der Waals surface area contributed by atoms with Crippen LogP contribution < -0.4 is 5.32 Å². The van der Waals surface area contributed by atoms with Crippen LogP contribution in [-0.4, -0.2) is 10.2 Å². The Morgan fingerprint density at radius 1 is 1.25 bits per heavy atom. The van der Waals surface area contributed by atoms with Crippen LogP contribution in [-0.2, 0) is 5.41 Å². The molecule has 2 nitrogen and oxygen atoms in total. The summed E-state index contributed by atoms with van der Waals surface area (Å²) in [5, 5.41) is 4.75. The fourth-order valence-corrected chi connectivity index (χ4v) is 3.61. The molecule has 0 radical (unpaired) electrons. The zero-order valence-corrected chi connectivity index (χ0v) is 13.1. The van der Waals surface area contributed by atoms with Gasteiger partial charge in [-0.05, 0) is 35.6 Å². The van der Waals surface area contributed by atoms with Crippen LogP contribution in [0.3, 0.4) is 0 Å². The van der Waals surface area contributed by atoms with Crippen molar-refractivity contribution >= 4 is 46.1 Å². The quantitative estimate of drug-likeness (QED) is 0.804. The number of hydrogen-bond donors (Lipinski definition) is 1. The first-order valence-electron chi connectivity index (χ1n) is 6.26. The Balaban J connectivity index is 1.73. The molecule has 1 heterocycles. The number of carbonyl (C=O) groups excluding carboxylic acids is 1. The summed E-state index contributed by atoms with van der Waals surface area (Å²) >= 11 is 13.8. The van der Waals surface area contributed by atoms with E-state index in [0.717, 1.165) is 17.7 Å².